The smallest absolute Gasteiger partial charge is 0.137 e. The third-order valence-electron chi connectivity index (χ3n) is 3.74. The van der Waals surface area contributed by atoms with Crippen molar-refractivity contribution in [2.75, 3.05) is 14.2 Å². The monoisotopic (exact) mass is 253 g/mol. The third-order valence-corrected chi connectivity index (χ3v) is 4.05. The van der Waals surface area contributed by atoms with Crippen LogP contribution in [0.3, 0.4) is 0 Å². The molecule has 0 aromatic heterocycles. The van der Waals surface area contributed by atoms with E-state index in [9.17, 15) is 0 Å². The first-order chi connectivity index (χ1) is 8.17. The van der Waals surface area contributed by atoms with Crippen LogP contribution in [0.4, 0.5) is 0 Å². The quantitative estimate of drug-likeness (QED) is 0.865. The van der Waals surface area contributed by atoms with Gasteiger partial charge in [0.1, 0.15) is 5.75 Å². The maximum atomic E-state index is 6.05. The van der Waals surface area contributed by atoms with Gasteiger partial charge < -0.3 is 10.1 Å². The molecule has 2 unspecified atom stereocenters. The maximum absolute atomic E-state index is 6.05. The molecule has 1 saturated carbocycles. The number of nitrogens with one attached hydrogen (secondary N) is 1. The standard InChI is InChI=1S/C14H20ClNO/c1-9(10-4-5-10)14(16-2)11-6-7-12(15)13(8-11)17-3/h6-10,14,16H,4-5H2,1-3H3. The minimum Gasteiger partial charge on any atom is -0.495 e. The number of hydrogen-bond acceptors (Lipinski definition) is 2. The zero-order chi connectivity index (χ0) is 12.4. The zero-order valence-electron chi connectivity index (χ0n) is 10.7. The van der Waals surface area contributed by atoms with Crippen LogP contribution >= 0.6 is 11.6 Å². The molecule has 0 heterocycles. The summed E-state index contributed by atoms with van der Waals surface area (Å²) in [7, 11) is 3.67. The van der Waals surface area contributed by atoms with Crippen LogP contribution in [0, 0.1) is 11.8 Å². The van der Waals surface area contributed by atoms with Gasteiger partial charge in [0.15, 0.2) is 0 Å². The molecule has 17 heavy (non-hydrogen) atoms. The van der Waals surface area contributed by atoms with Crippen molar-refractivity contribution < 1.29 is 4.74 Å². The Hall–Kier alpha value is -0.730. The van der Waals surface area contributed by atoms with Crippen molar-refractivity contribution in [2.45, 2.75) is 25.8 Å². The van der Waals surface area contributed by atoms with Crippen LogP contribution in [-0.4, -0.2) is 14.2 Å². The molecule has 2 nitrogen and oxygen atoms in total. The molecule has 0 saturated heterocycles. The number of ether oxygens (including phenoxy) is 1. The van der Waals surface area contributed by atoms with Crippen molar-refractivity contribution in [3.63, 3.8) is 0 Å². The molecule has 0 spiro atoms. The van der Waals surface area contributed by atoms with Gasteiger partial charge in [0, 0.05) is 6.04 Å². The van der Waals surface area contributed by atoms with E-state index < -0.39 is 0 Å². The molecule has 1 N–H and O–H groups in total. The van der Waals surface area contributed by atoms with E-state index in [1.54, 1.807) is 7.11 Å². The first-order valence-corrected chi connectivity index (χ1v) is 6.56. The molecule has 3 heteroatoms. The lowest BCUT2D eigenvalue weighted by Gasteiger charge is -2.24. The topological polar surface area (TPSA) is 21.3 Å². The second-order valence-electron chi connectivity index (χ2n) is 4.86. The van der Waals surface area contributed by atoms with Gasteiger partial charge in [-0.15, -0.1) is 0 Å². The van der Waals surface area contributed by atoms with Gasteiger partial charge in [-0.1, -0.05) is 24.6 Å². The van der Waals surface area contributed by atoms with Crippen LogP contribution in [0.5, 0.6) is 5.75 Å². The Labute approximate surface area is 108 Å². The molecule has 0 aliphatic heterocycles. The van der Waals surface area contributed by atoms with Gasteiger partial charge in [0.05, 0.1) is 12.1 Å². The second kappa shape index (κ2) is 5.28. The first-order valence-electron chi connectivity index (χ1n) is 6.18. The van der Waals surface area contributed by atoms with Crippen molar-refractivity contribution >= 4 is 11.6 Å². The fourth-order valence-electron chi connectivity index (χ4n) is 2.50. The average Bonchev–Trinajstić information content (AvgIpc) is 3.16. The van der Waals surface area contributed by atoms with Crippen LogP contribution < -0.4 is 10.1 Å². The van der Waals surface area contributed by atoms with E-state index in [0.29, 0.717) is 17.0 Å². The fourth-order valence-corrected chi connectivity index (χ4v) is 2.69. The van der Waals surface area contributed by atoms with E-state index >= 15 is 0 Å². The Kier molecular flexibility index (Phi) is 3.95. The van der Waals surface area contributed by atoms with Crippen LogP contribution in [0.1, 0.15) is 31.4 Å². The Morgan fingerprint density at radius 2 is 2.12 bits per heavy atom. The Balaban J connectivity index is 2.23. The summed E-state index contributed by atoms with van der Waals surface area (Å²) in [5, 5.41) is 4.08. The Morgan fingerprint density at radius 3 is 2.65 bits per heavy atom. The van der Waals surface area contributed by atoms with Crippen LogP contribution in [0.25, 0.3) is 0 Å². The van der Waals surface area contributed by atoms with E-state index in [4.69, 9.17) is 16.3 Å². The second-order valence-corrected chi connectivity index (χ2v) is 5.26. The van der Waals surface area contributed by atoms with Crippen LogP contribution in [0.2, 0.25) is 5.02 Å². The fraction of sp³-hybridized carbons (Fsp3) is 0.571. The van der Waals surface area contributed by atoms with Crippen molar-refractivity contribution in [1.29, 1.82) is 0 Å². The summed E-state index contributed by atoms with van der Waals surface area (Å²) in [6, 6.07) is 6.43. The molecule has 94 valence electrons. The molecule has 0 amide bonds. The summed E-state index contributed by atoms with van der Waals surface area (Å²) in [6.45, 7) is 2.32. The largest absolute Gasteiger partial charge is 0.495 e. The lowest BCUT2D eigenvalue weighted by Crippen LogP contribution is -2.24. The van der Waals surface area contributed by atoms with E-state index in [0.717, 1.165) is 11.7 Å². The van der Waals surface area contributed by atoms with Gasteiger partial charge in [-0.3, -0.25) is 0 Å². The summed E-state index contributed by atoms with van der Waals surface area (Å²) in [5.74, 6) is 2.28. The SMILES string of the molecule is CNC(c1ccc(Cl)c(OC)c1)C(C)C1CC1. The number of benzene rings is 1. The van der Waals surface area contributed by atoms with E-state index in [1.807, 2.05) is 19.2 Å². The number of methoxy groups -OCH3 is 1. The summed E-state index contributed by atoms with van der Waals surface area (Å²) in [5.41, 5.74) is 1.26. The predicted molar refractivity (Wildman–Crippen MR) is 71.7 cm³/mol. The molecule has 0 bridgehead atoms. The highest BCUT2D eigenvalue weighted by molar-refractivity contribution is 6.32. The molecule has 1 aliphatic carbocycles. The summed E-state index contributed by atoms with van der Waals surface area (Å²) in [6.07, 6.45) is 2.73. The molecule has 2 rings (SSSR count). The molecule has 1 fully saturated rings. The molecular formula is C14H20ClNO. The molecule has 0 radical (unpaired) electrons. The molecule has 1 aromatic rings. The zero-order valence-corrected chi connectivity index (χ0v) is 11.4. The van der Waals surface area contributed by atoms with Gasteiger partial charge in [0.2, 0.25) is 0 Å². The van der Waals surface area contributed by atoms with Crippen LogP contribution in [0.15, 0.2) is 18.2 Å². The summed E-state index contributed by atoms with van der Waals surface area (Å²) < 4.78 is 5.28. The minimum atomic E-state index is 0.383. The normalized spacial score (nSPS) is 18.8. The Morgan fingerprint density at radius 1 is 1.41 bits per heavy atom. The molecular weight excluding hydrogens is 234 g/mol. The number of hydrogen-bond donors (Lipinski definition) is 1. The van der Waals surface area contributed by atoms with Gasteiger partial charge in [-0.2, -0.15) is 0 Å². The molecule has 1 aromatic carbocycles. The highest BCUT2D eigenvalue weighted by Gasteiger charge is 2.33. The lowest BCUT2D eigenvalue weighted by molar-refractivity contribution is 0.366. The molecule has 1 aliphatic rings. The van der Waals surface area contributed by atoms with Crippen molar-refractivity contribution in [1.82, 2.24) is 5.32 Å². The first kappa shape index (κ1) is 12.7. The molecule has 2 atom stereocenters. The van der Waals surface area contributed by atoms with Crippen molar-refractivity contribution in [3.05, 3.63) is 28.8 Å². The Bertz CT molecular complexity index is 390. The minimum absolute atomic E-state index is 0.383. The van der Waals surface area contributed by atoms with Crippen molar-refractivity contribution in [2.24, 2.45) is 11.8 Å². The number of rotatable bonds is 5. The van der Waals surface area contributed by atoms with Gasteiger partial charge >= 0.3 is 0 Å². The van der Waals surface area contributed by atoms with Crippen molar-refractivity contribution in [3.8, 4) is 5.75 Å². The number of halogens is 1. The van der Waals surface area contributed by atoms with Gasteiger partial charge in [0.25, 0.3) is 0 Å². The highest BCUT2D eigenvalue weighted by Crippen LogP contribution is 2.43. The van der Waals surface area contributed by atoms with Gasteiger partial charge in [-0.25, -0.2) is 0 Å². The van der Waals surface area contributed by atoms with E-state index in [-0.39, 0.29) is 0 Å². The maximum Gasteiger partial charge on any atom is 0.137 e. The van der Waals surface area contributed by atoms with E-state index in [2.05, 4.69) is 18.3 Å². The third kappa shape index (κ3) is 2.75. The van der Waals surface area contributed by atoms with Gasteiger partial charge in [-0.05, 0) is 49.4 Å². The predicted octanol–water partition coefficient (Wildman–Crippen LogP) is 3.66. The van der Waals surface area contributed by atoms with Crippen LogP contribution in [-0.2, 0) is 0 Å². The van der Waals surface area contributed by atoms with E-state index in [1.165, 1.54) is 18.4 Å². The summed E-state index contributed by atoms with van der Waals surface area (Å²) >= 11 is 6.05. The highest BCUT2D eigenvalue weighted by atomic mass is 35.5. The summed E-state index contributed by atoms with van der Waals surface area (Å²) in [4.78, 5) is 0. The average molecular weight is 254 g/mol. The lowest BCUT2D eigenvalue weighted by atomic mass is 9.90.